The van der Waals surface area contributed by atoms with Crippen LogP contribution in [0.15, 0.2) is 60.8 Å². The van der Waals surface area contributed by atoms with Gasteiger partial charge in [0.1, 0.15) is 23.7 Å². The number of nitrogens with one attached hydrogen (secondary N) is 1. The Morgan fingerprint density at radius 1 is 1.08 bits per heavy atom. The van der Waals surface area contributed by atoms with Gasteiger partial charge in [-0.15, -0.1) is 10.2 Å². The first kappa shape index (κ1) is 25.1. The van der Waals surface area contributed by atoms with Crippen LogP contribution in [-0.4, -0.2) is 68.0 Å². The number of amides is 1. The molecule has 0 atom stereocenters. The highest BCUT2D eigenvalue weighted by Crippen LogP contribution is 2.31. The number of hydrogen-bond acceptors (Lipinski definition) is 10. The van der Waals surface area contributed by atoms with Crippen molar-refractivity contribution in [2.75, 3.05) is 25.6 Å². The van der Waals surface area contributed by atoms with E-state index >= 15 is 0 Å². The molecule has 5 N–H and O–H groups in total. The maximum Gasteiger partial charge on any atom is 0.488 e. The van der Waals surface area contributed by atoms with E-state index in [4.69, 9.17) is 25.2 Å². The monoisotopic (exact) mass is 513 g/mol. The van der Waals surface area contributed by atoms with E-state index in [1.807, 2.05) is 18.2 Å². The molecule has 0 saturated carbocycles. The maximum atomic E-state index is 11.9. The van der Waals surface area contributed by atoms with E-state index in [1.165, 1.54) is 0 Å². The zero-order valence-electron chi connectivity index (χ0n) is 20.4. The first-order valence-electron chi connectivity index (χ1n) is 11.7. The summed E-state index contributed by atoms with van der Waals surface area (Å²) in [6.07, 6.45) is 1.70. The Labute approximate surface area is 217 Å². The van der Waals surface area contributed by atoms with Crippen LogP contribution in [0.25, 0.3) is 28.2 Å². The molecule has 2 aromatic carbocycles. The predicted octanol–water partition coefficient (Wildman–Crippen LogP) is 0.755. The van der Waals surface area contributed by atoms with Gasteiger partial charge < -0.3 is 30.6 Å². The van der Waals surface area contributed by atoms with E-state index < -0.39 is 13.0 Å². The zero-order chi connectivity index (χ0) is 26.6. The molecule has 1 amide bonds. The summed E-state index contributed by atoms with van der Waals surface area (Å²) < 4.78 is 12.6. The van der Waals surface area contributed by atoms with Crippen molar-refractivity contribution in [2.45, 2.75) is 6.54 Å². The van der Waals surface area contributed by atoms with Crippen molar-refractivity contribution in [2.24, 2.45) is 5.73 Å². The lowest BCUT2D eigenvalue weighted by atomic mass is 9.80. The molecule has 0 unspecified atom stereocenters. The van der Waals surface area contributed by atoms with Gasteiger partial charge in [0.25, 0.3) is 5.91 Å². The van der Waals surface area contributed by atoms with Crippen molar-refractivity contribution < 1.29 is 24.3 Å². The van der Waals surface area contributed by atoms with Crippen LogP contribution in [0.3, 0.4) is 0 Å². The number of methoxy groups -OCH3 is 1. The number of benzene rings is 2. The number of anilines is 1. The van der Waals surface area contributed by atoms with Crippen LogP contribution in [0, 0.1) is 0 Å². The molecule has 0 bridgehead atoms. The van der Waals surface area contributed by atoms with Gasteiger partial charge in [0.15, 0.2) is 5.65 Å². The van der Waals surface area contributed by atoms with E-state index in [0.717, 1.165) is 5.56 Å². The van der Waals surface area contributed by atoms with Crippen molar-refractivity contribution in [3.63, 3.8) is 0 Å². The van der Waals surface area contributed by atoms with Crippen LogP contribution in [0.1, 0.15) is 15.9 Å². The topological polar surface area (TPSA) is 170 Å². The molecule has 5 rings (SSSR count). The minimum Gasteiger partial charge on any atom is -0.489 e. The second-order valence-corrected chi connectivity index (χ2v) is 8.36. The molecule has 0 spiro atoms. The molecule has 12 nitrogen and oxygen atoms in total. The lowest BCUT2D eigenvalue weighted by molar-refractivity contribution is 0.100. The summed E-state index contributed by atoms with van der Waals surface area (Å²) in [5.41, 5.74) is 7.76. The number of carbonyl (C=O) groups is 1. The minimum absolute atomic E-state index is 0.222. The van der Waals surface area contributed by atoms with Gasteiger partial charge in [0, 0.05) is 25.2 Å². The van der Waals surface area contributed by atoms with Crippen LogP contribution >= 0.6 is 0 Å². The summed E-state index contributed by atoms with van der Waals surface area (Å²) in [4.78, 5) is 21.4. The third kappa shape index (κ3) is 4.98. The smallest absolute Gasteiger partial charge is 0.488 e. The summed E-state index contributed by atoms with van der Waals surface area (Å²) in [6, 6.07) is 15.7. The van der Waals surface area contributed by atoms with E-state index in [9.17, 15) is 14.8 Å². The number of fused-ring (bicyclic) bond motifs is 2. The maximum absolute atomic E-state index is 11.9. The molecule has 0 aliphatic carbocycles. The number of primary amides is 1. The highest BCUT2D eigenvalue weighted by atomic mass is 16.5. The Bertz CT molecular complexity index is 1630. The number of nitrogens with two attached hydrogens (primary N) is 1. The van der Waals surface area contributed by atoms with Crippen molar-refractivity contribution in [3.8, 4) is 17.4 Å². The normalized spacial score (nSPS) is 11.1. The quantitative estimate of drug-likeness (QED) is 0.154. The fourth-order valence-electron chi connectivity index (χ4n) is 4.02. The van der Waals surface area contributed by atoms with Crippen LogP contribution in [-0.2, 0) is 11.3 Å². The zero-order valence-corrected chi connectivity index (χ0v) is 20.4. The molecule has 0 aliphatic heterocycles. The number of carbonyl (C=O) groups excluding carboxylic acids is 1. The average Bonchev–Trinajstić information content (AvgIpc) is 3.36. The molecule has 0 aliphatic rings. The predicted molar refractivity (Wildman–Crippen MR) is 141 cm³/mol. The van der Waals surface area contributed by atoms with Gasteiger partial charge in [0.2, 0.25) is 11.6 Å². The Morgan fingerprint density at radius 2 is 1.92 bits per heavy atom. The van der Waals surface area contributed by atoms with Crippen molar-refractivity contribution >= 4 is 40.9 Å². The SMILES string of the molecule is COCCOc1cccc2c(NCc3cccc(B(O)O)c3)nc(-c3nnc4c(C(N)=O)cccn34)nc12. The molecule has 0 radical (unpaired) electrons. The second kappa shape index (κ2) is 10.8. The Balaban J connectivity index is 1.61. The van der Waals surface area contributed by atoms with Gasteiger partial charge >= 0.3 is 7.12 Å². The third-order valence-corrected chi connectivity index (χ3v) is 5.84. The number of rotatable bonds is 10. The lowest BCUT2D eigenvalue weighted by Gasteiger charge is -2.14. The van der Waals surface area contributed by atoms with E-state index in [2.05, 4.69) is 15.5 Å². The first-order valence-corrected chi connectivity index (χ1v) is 11.7. The van der Waals surface area contributed by atoms with Crippen LogP contribution in [0.2, 0.25) is 0 Å². The van der Waals surface area contributed by atoms with Crippen LogP contribution < -0.4 is 21.3 Å². The summed E-state index contributed by atoms with van der Waals surface area (Å²) >= 11 is 0. The molecule has 38 heavy (non-hydrogen) atoms. The molecular weight excluding hydrogens is 489 g/mol. The van der Waals surface area contributed by atoms with Crippen molar-refractivity contribution in [1.82, 2.24) is 24.6 Å². The van der Waals surface area contributed by atoms with Gasteiger partial charge in [-0.05, 0) is 35.3 Å². The molecule has 0 saturated heterocycles. The Kier molecular flexibility index (Phi) is 7.13. The standard InChI is InChI=1S/C25H24BN7O5/c1-37-11-12-38-19-9-3-7-17-20(19)29-23(25-32-31-24-18(21(27)34)8-4-10-33(24)25)30-22(17)28-14-15-5-2-6-16(13-15)26(35)36/h2-10,13,35-36H,11-12,14H2,1H3,(H2,27,34)(H,28,29,30). The summed E-state index contributed by atoms with van der Waals surface area (Å²) in [5.74, 6) is 0.963. The number of hydrogen-bond donors (Lipinski definition) is 4. The minimum atomic E-state index is -1.57. The Hall–Kier alpha value is -4.59. The van der Waals surface area contributed by atoms with Gasteiger partial charge in [-0.3, -0.25) is 9.20 Å². The number of ether oxygens (including phenoxy) is 2. The van der Waals surface area contributed by atoms with Crippen molar-refractivity contribution in [3.05, 3.63) is 71.9 Å². The van der Waals surface area contributed by atoms with Crippen LogP contribution in [0.4, 0.5) is 5.82 Å². The average molecular weight is 513 g/mol. The molecule has 3 heterocycles. The molecule has 3 aromatic heterocycles. The molecule has 5 aromatic rings. The lowest BCUT2D eigenvalue weighted by Crippen LogP contribution is -2.30. The number of para-hydroxylation sites is 1. The van der Waals surface area contributed by atoms with Crippen molar-refractivity contribution in [1.29, 1.82) is 0 Å². The third-order valence-electron chi connectivity index (χ3n) is 5.84. The molecular formula is C25H24BN7O5. The Morgan fingerprint density at radius 3 is 2.71 bits per heavy atom. The second-order valence-electron chi connectivity index (χ2n) is 8.36. The fourth-order valence-corrected chi connectivity index (χ4v) is 4.02. The highest BCUT2D eigenvalue weighted by Gasteiger charge is 2.19. The number of pyridine rings is 1. The summed E-state index contributed by atoms with van der Waals surface area (Å²) in [6.45, 7) is 1.06. The van der Waals surface area contributed by atoms with E-state index in [-0.39, 0.29) is 17.0 Å². The molecule has 13 heteroatoms. The highest BCUT2D eigenvalue weighted by molar-refractivity contribution is 6.58. The molecule has 192 valence electrons. The van der Waals surface area contributed by atoms with Crippen LogP contribution in [0.5, 0.6) is 5.75 Å². The largest absolute Gasteiger partial charge is 0.489 e. The van der Waals surface area contributed by atoms with Gasteiger partial charge in [-0.1, -0.05) is 30.3 Å². The first-order chi connectivity index (χ1) is 18.5. The molecule has 0 fully saturated rings. The van der Waals surface area contributed by atoms with Gasteiger partial charge in [0.05, 0.1) is 12.2 Å². The van der Waals surface area contributed by atoms with Gasteiger partial charge in [-0.2, -0.15) is 0 Å². The van der Waals surface area contributed by atoms with E-state index in [0.29, 0.717) is 53.5 Å². The van der Waals surface area contributed by atoms with E-state index in [1.54, 1.807) is 54.1 Å². The summed E-state index contributed by atoms with van der Waals surface area (Å²) in [7, 11) is 0.0239. The van der Waals surface area contributed by atoms with Gasteiger partial charge in [-0.25, -0.2) is 9.97 Å². The number of nitrogens with zero attached hydrogens (tertiary/aromatic N) is 5. The number of aromatic nitrogens is 5. The fraction of sp³-hybridized carbons (Fsp3) is 0.160. The summed E-state index contributed by atoms with van der Waals surface area (Å²) in [5, 5.41) is 31.5.